The van der Waals surface area contributed by atoms with Gasteiger partial charge in [0, 0.05) is 31.7 Å². The molecule has 0 spiro atoms. The number of ether oxygens (including phenoxy) is 3. The van der Waals surface area contributed by atoms with Crippen molar-refractivity contribution in [1.82, 2.24) is 5.32 Å². The first kappa shape index (κ1) is 21.0. The summed E-state index contributed by atoms with van der Waals surface area (Å²) in [5.74, 6) is 1.39. The number of halogens is 3. The van der Waals surface area contributed by atoms with Gasteiger partial charge in [-0.15, -0.1) is 0 Å². The van der Waals surface area contributed by atoms with Gasteiger partial charge in [-0.1, -0.05) is 24.3 Å². The Labute approximate surface area is 172 Å². The van der Waals surface area contributed by atoms with E-state index in [0.717, 1.165) is 24.5 Å². The average molecular weight is 423 g/mol. The molecule has 1 atom stereocenters. The Morgan fingerprint density at radius 1 is 1.03 bits per heavy atom. The van der Waals surface area contributed by atoms with Crippen molar-refractivity contribution in [3.8, 4) is 11.5 Å². The minimum atomic E-state index is -4.51. The summed E-state index contributed by atoms with van der Waals surface area (Å²) in [4.78, 5) is 0. The Morgan fingerprint density at radius 3 is 2.53 bits per heavy atom. The van der Waals surface area contributed by atoms with E-state index < -0.39 is 17.8 Å². The van der Waals surface area contributed by atoms with E-state index in [1.165, 1.54) is 18.2 Å². The van der Waals surface area contributed by atoms with Crippen LogP contribution >= 0.6 is 0 Å². The molecule has 5 nitrogen and oxygen atoms in total. The second-order valence-corrected chi connectivity index (χ2v) is 7.69. The van der Waals surface area contributed by atoms with E-state index in [2.05, 4.69) is 5.32 Å². The molecule has 8 heteroatoms. The Balaban J connectivity index is 1.48. The van der Waals surface area contributed by atoms with Crippen molar-refractivity contribution in [3.63, 3.8) is 0 Å². The molecule has 0 saturated carbocycles. The van der Waals surface area contributed by atoms with Gasteiger partial charge in [0.15, 0.2) is 11.5 Å². The normalized spacial score (nSPS) is 18.9. The molecule has 2 aromatic rings. The molecule has 1 fully saturated rings. The smallest absolute Gasteiger partial charge is 0.416 e. The average Bonchev–Trinajstić information content (AvgIpc) is 3.22. The molecule has 1 unspecified atom stereocenters. The van der Waals surface area contributed by atoms with Crippen LogP contribution in [0.1, 0.15) is 35.6 Å². The summed E-state index contributed by atoms with van der Waals surface area (Å²) >= 11 is 0. The van der Waals surface area contributed by atoms with Gasteiger partial charge in [0.05, 0.1) is 11.7 Å². The molecule has 162 valence electrons. The summed E-state index contributed by atoms with van der Waals surface area (Å²) in [6.45, 7) is 1.89. The minimum absolute atomic E-state index is 0.0141. The fraction of sp³-hybridized carbons (Fsp3) is 0.455. The highest BCUT2D eigenvalue weighted by atomic mass is 19.4. The lowest BCUT2D eigenvalue weighted by molar-refractivity contribution is -0.139. The topological polar surface area (TPSA) is 60.0 Å². The summed E-state index contributed by atoms with van der Waals surface area (Å²) in [6, 6.07) is 11.0. The van der Waals surface area contributed by atoms with Crippen LogP contribution in [0, 0.1) is 0 Å². The molecule has 0 bridgehead atoms. The van der Waals surface area contributed by atoms with Crippen molar-refractivity contribution in [2.24, 2.45) is 0 Å². The van der Waals surface area contributed by atoms with Gasteiger partial charge in [-0.25, -0.2) is 0 Å². The zero-order valence-corrected chi connectivity index (χ0v) is 16.4. The summed E-state index contributed by atoms with van der Waals surface area (Å²) in [5.41, 5.74) is -0.132. The number of hydrogen-bond donors (Lipinski definition) is 2. The number of nitrogens with one attached hydrogen (secondary N) is 1. The van der Waals surface area contributed by atoms with E-state index >= 15 is 0 Å². The highest BCUT2D eigenvalue weighted by molar-refractivity contribution is 5.47. The quantitative estimate of drug-likeness (QED) is 0.740. The molecular formula is C22H24F3NO4. The second kappa shape index (κ2) is 8.45. The molecule has 1 saturated heterocycles. The van der Waals surface area contributed by atoms with E-state index in [-0.39, 0.29) is 24.3 Å². The van der Waals surface area contributed by atoms with E-state index in [0.29, 0.717) is 31.3 Å². The van der Waals surface area contributed by atoms with Crippen molar-refractivity contribution in [2.45, 2.75) is 30.5 Å². The van der Waals surface area contributed by atoms with Gasteiger partial charge in [-0.2, -0.15) is 13.2 Å². The minimum Gasteiger partial charge on any atom is -0.454 e. The van der Waals surface area contributed by atoms with Gasteiger partial charge >= 0.3 is 6.18 Å². The molecular weight excluding hydrogens is 399 g/mol. The molecule has 0 aromatic heterocycles. The van der Waals surface area contributed by atoms with Crippen LogP contribution in [0.25, 0.3) is 0 Å². The number of alkyl halides is 3. The van der Waals surface area contributed by atoms with Crippen molar-refractivity contribution in [3.05, 3.63) is 59.2 Å². The van der Waals surface area contributed by atoms with Crippen LogP contribution in [0.15, 0.2) is 42.5 Å². The maximum Gasteiger partial charge on any atom is 0.416 e. The molecule has 2 heterocycles. The van der Waals surface area contributed by atoms with Gasteiger partial charge in [-0.3, -0.25) is 0 Å². The molecule has 30 heavy (non-hydrogen) atoms. The third-order valence-electron chi connectivity index (χ3n) is 5.86. The van der Waals surface area contributed by atoms with Crippen LogP contribution in [-0.4, -0.2) is 38.2 Å². The third-order valence-corrected chi connectivity index (χ3v) is 5.86. The van der Waals surface area contributed by atoms with Gasteiger partial charge in [0.1, 0.15) is 0 Å². The van der Waals surface area contributed by atoms with Crippen LogP contribution < -0.4 is 14.8 Å². The molecule has 4 rings (SSSR count). The first-order valence-corrected chi connectivity index (χ1v) is 9.92. The van der Waals surface area contributed by atoms with Crippen LogP contribution in [-0.2, 0) is 16.3 Å². The SMILES string of the molecule is OC(CNCC1(c2ccc3c(c2)OCO3)CCOCC1)c1ccccc1C(F)(F)F. The van der Waals surface area contributed by atoms with Crippen LogP contribution in [0.2, 0.25) is 0 Å². The van der Waals surface area contributed by atoms with Crippen molar-refractivity contribution < 1.29 is 32.5 Å². The summed E-state index contributed by atoms with van der Waals surface area (Å²) in [5, 5.41) is 13.6. The van der Waals surface area contributed by atoms with Crippen molar-refractivity contribution in [1.29, 1.82) is 0 Å². The number of aliphatic hydroxyl groups excluding tert-OH is 1. The highest BCUT2D eigenvalue weighted by Gasteiger charge is 2.37. The molecule has 2 aliphatic heterocycles. The first-order chi connectivity index (χ1) is 14.4. The number of aliphatic hydroxyl groups is 1. The highest BCUT2D eigenvalue weighted by Crippen LogP contribution is 2.41. The van der Waals surface area contributed by atoms with Gasteiger partial charge in [0.25, 0.3) is 0 Å². The predicted molar refractivity (Wildman–Crippen MR) is 104 cm³/mol. The monoisotopic (exact) mass is 423 g/mol. The Bertz CT molecular complexity index is 881. The molecule has 0 radical (unpaired) electrons. The summed E-state index contributed by atoms with van der Waals surface area (Å²) < 4.78 is 56.2. The molecule has 2 aliphatic rings. The standard InChI is InChI=1S/C22H24F3NO4/c23-22(24,25)17-4-2-1-3-16(17)18(27)12-26-13-21(7-9-28-10-8-21)15-5-6-19-20(11-15)30-14-29-19/h1-6,11,18,26-27H,7-10,12-14H2. The molecule has 2 aromatic carbocycles. The van der Waals surface area contributed by atoms with Crippen LogP contribution in [0.3, 0.4) is 0 Å². The van der Waals surface area contributed by atoms with E-state index in [4.69, 9.17) is 14.2 Å². The molecule has 0 amide bonds. The predicted octanol–water partition coefficient (Wildman–Crippen LogP) is 3.81. The second-order valence-electron chi connectivity index (χ2n) is 7.69. The zero-order chi connectivity index (χ0) is 21.2. The van der Waals surface area contributed by atoms with Gasteiger partial charge in [-0.05, 0) is 42.2 Å². The summed E-state index contributed by atoms with van der Waals surface area (Å²) in [6.07, 6.45) is -4.26. The van der Waals surface area contributed by atoms with Crippen molar-refractivity contribution >= 4 is 0 Å². The first-order valence-electron chi connectivity index (χ1n) is 9.92. The van der Waals surface area contributed by atoms with Crippen molar-refractivity contribution in [2.75, 3.05) is 33.1 Å². The van der Waals surface area contributed by atoms with E-state index in [9.17, 15) is 18.3 Å². The number of fused-ring (bicyclic) bond motifs is 1. The largest absolute Gasteiger partial charge is 0.454 e. The van der Waals surface area contributed by atoms with E-state index in [1.54, 1.807) is 0 Å². The Hall–Kier alpha value is -2.29. The molecule has 0 aliphatic carbocycles. The Kier molecular flexibility index (Phi) is 5.90. The maximum atomic E-state index is 13.2. The number of hydrogen-bond acceptors (Lipinski definition) is 5. The zero-order valence-electron chi connectivity index (χ0n) is 16.4. The van der Waals surface area contributed by atoms with Crippen LogP contribution in [0.4, 0.5) is 13.2 Å². The fourth-order valence-electron chi connectivity index (χ4n) is 4.16. The lowest BCUT2D eigenvalue weighted by atomic mass is 9.74. The van der Waals surface area contributed by atoms with E-state index in [1.807, 2.05) is 18.2 Å². The van der Waals surface area contributed by atoms with Crippen LogP contribution in [0.5, 0.6) is 11.5 Å². The maximum absolute atomic E-state index is 13.2. The van der Waals surface area contributed by atoms with Gasteiger partial charge in [0.2, 0.25) is 6.79 Å². The van der Waals surface area contributed by atoms with Gasteiger partial charge < -0.3 is 24.6 Å². The lowest BCUT2D eigenvalue weighted by Gasteiger charge is -2.38. The lowest BCUT2D eigenvalue weighted by Crippen LogP contribution is -2.43. The summed E-state index contributed by atoms with van der Waals surface area (Å²) in [7, 11) is 0. The Morgan fingerprint density at radius 2 is 1.77 bits per heavy atom. The number of benzene rings is 2. The number of rotatable bonds is 6. The molecule has 2 N–H and O–H groups in total. The third kappa shape index (κ3) is 4.26. The fourth-order valence-corrected chi connectivity index (χ4v) is 4.16.